The smallest absolute Gasteiger partial charge is 0.115 e. The van der Waals surface area contributed by atoms with Crippen molar-refractivity contribution >= 4 is 35.5 Å². The Balaban J connectivity index is 2.92. The lowest BCUT2D eigenvalue weighted by Crippen LogP contribution is -2.16. The molecule has 1 unspecified atom stereocenters. The minimum absolute atomic E-state index is 0.672. The maximum absolute atomic E-state index is 3.44. The molecule has 0 bridgehead atoms. The topological polar surface area (TPSA) is 0 Å². The number of thioether (sulfide) groups is 1. The lowest BCUT2D eigenvalue weighted by Gasteiger charge is -2.21. The highest BCUT2D eigenvalue weighted by Gasteiger charge is 2.18. The Bertz CT molecular complexity index is 206. The molecule has 54 valence electrons. The van der Waals surface area contributed by atoms with Crippen molar-refractivity contribution in [2.45, 2.75) is 19.0 Å². The Morgan fingerprint density at radius 3 is 2.80 bits per heavy atom. The molecular weight excluding hydrogens is 207 g/mol. The van der Waals surface area contributed by atoms with E-state index in [1.165, 1.54) is 5.57 Å². The molecule has 0 aromatic heterocycles. The van der Waals surface area contributed by atoms with Crippen LogP contribution in [0, 0.1) is 5.92 Å². The van der Waals surface area contributed by atoms with E-state index in [0.29, 0.717) is 11.1 Å². The monoisotopic (exact) mass is 216 g/mol. The van der Waals surface area contributed by atoms with Gasteiger partial charge in [0.25, 0.3) is 0 Å². The van der Waals surface area contributed by atoms with Gasteiger partial charge in [0.15, 0.2) is 0 Å². The molecule has 0 fully saturated rings. The van der Waals surface area contributed by atoms with E-state index in [9.17, 15) is 0 Å². The maximum atomic E-state index is 3.44. The first-order chi connectivity index (χ1) is 4.61. The molecule has 0 amide bonds. The molecule has 0 saturated carbocycles. The molecule has 0 saturated heterocycles. The predicted octanol–water partition coefficient (Wildman–Crippen LogP) is 2.11. The largest absolute Gasteiger partial charge is 0.119 e. The number of rotatable bonds is 0. The molecule has 1 heterocycles. The molecule has 2 atom stereocenters. The summed E-state index contributed by atoms with van der Waals surface area (Å²) in [7, 11) is 2.25. The zero-order chi connectivity index (χ0) is 7.72. The molecule has 0 spiro atoms. The fourth-order valence-corrected chi connectivity index (χ4v) is 3.07. The van der Waals surface area contributed by atoms with Gasteiger partial charge in [0.1, 0.15) is 7.85 Å². The van der Waals surface area contributed by atoms with Gasteiger partial charge >= 0.3 is 0 Å². The summed E-state index contributed by atoms with van der Waals surface area (Å²) in [6.07, 6.45) is 0. The van der Waals surface area contributed by atoms with E-state index in [0.717, 1.165) is 3.81 Å². The lowest BCUT2D eigenvalue weighted by molar-refractivity contribution is 0.746. The second-order valence-electron chi connectivity index (χ2n) is 2.69. The highest BCUT2D eigenvalue weighted by atomic mass is 79.9. The number of hydrogen-bond acceptors (Lipinski definition) is 1. The van der Waals surface area contributed by atoms with Crippen molar-refractivity contribution < 1.29 is 0 Å². The van der Waals surface area contributed by atoms with Gasteiger partial charge in [-0.25, -0.2) is 0 Å². The minimum atomic E-state index is 0.672. The molecule has 0 aliphatic carbocycles. The van der Waals surface area contributed by atoms with E-state index in [1.54, 1.807) is 0 Å². The second kappa shape index (κ2) is 3.21. The number of allylic oxidation sites excluding steroid dienone is 1. The summed E-state index contributed by atoms with van der Waals surface area (Å²) in [4.78, 5) is 0. The van der Waals surface area contributed by atoms with Crippen molar-refractivity contribution in [2.24, 2.45) is 5.92 Å². The van der Waals surface area contributed by atoms with Gasteiger partial charge in [0, 0.05) is 0 Å². The second-order valence-corrected chi connectivity index (χ2v) is 5.40. The van der Waals surface area contributed by atoms with Crippen LogP contribution in [0.25, 0.3) is 0 Å². The van der Waals surface area contributed by atoms with Crippen LogP contribution >= 0.6 is 27.7 Å². The third-order valence-corrected chi connectivity index (χ3v) is 3.82. The quantitative estimate of drug-likeness (QED) is 0.442. The third-order valence-electron chi connectivity index (χ3n) is 1.97. The van der Waals surface area contributed by atoms with Gasteiger partial charge in [-0.3, -0.25) is 0 Å². The zero-order valence-electron chi connectivity index (χ0n) is 6.44. The third kappa shape index (κ3) is 1.72. The minimum Gasteiger partial charge on any atom is -0.115 e. The Morgan fingerprint density at radius 2 is 2.30 bits per heavy atom. The number of hydrogen-bond donors (Lipinski definition) is 0. The van der Waals surface area contributed by atoms with Crippen LogP contribution in [0.3, 0.4) is 0 Å². The van der Waals surface area contributed by atoms with Crippen LogP contribution in [-0.2, 0) is 0 Å². The Hall–Kier alpha value is 0.415. The lowest BCUT2D eigenvalue weighted by atomic mass is 9.87. The standard InChI is InChI=1S/C7H10BBrS/c1-4-3-6(9)10-7(8)5(4)2/h5,7H,8H2,1-2H3/t5-,7?/m1/s1. The summed E-state index contributed by atoms with van der Waals surface area (Å²) in [5.41, 5.74) is 4.63. The first-order valence-electron chi connectivity index (χ1n) is 3.41. The fourth-order valence-electron chi connectivity index (χ4n) is 0.916. The van der Waals surface area contributed by atoms with Gasteiger partial charge in [0.2, 0.25) is 0 Å². The van der Waals surface area contributed by atoms with Crippen molar-refractivity contribution in [1.29, 1.82) is 0 Å². The van der Waals surface area contributed by atoms with Gasteiger partial charge in [-0.05, 0) is 39.5 Å². The van der Waals surface area contributed by atoms with Crippen LogP contribution in [0.4, 0.5) is 0 Å². The van der Waals surface area contributed by atoms with E-state index in [2.05, 4.69) is 43.4 Å². The van der Waals surface area contributed by atoms with Crippen LogP contribution in [0.15, 0.2) is 15.1 Å². The predicted molar refractivity (Wildman–Crippen MR) is 54.2 cm³/mol. The van der Waals surface area contributed by atoms with Gasteiger partial charge in [-0.15, -0.1) is 11.8 Å². The van der Waals surface area contributed by atoms with Gasteiger partial charge < -0.3 is 0 Å². The summed E-state index contributed by atoms with van der Waals surface area (Å²) in [5.74, 6) is 0.672. The molecule has 0 N–H and O–H groups in total. The maximum Gasteiger partial charge on any atom is 0.119 e. The van der Waals surface area contributed by atoms with Crippen molar-refractivity contribution in [3.8, 4) is 0 Å². The van der Waals surface area contributed by atoms with E-state index in [-0.39, 0.29) is 0 Å². The average molecular weight is 217 g/mol. The van der Waals surface area contributed by atoms with Crippen LogP contribution < -0.4 is 0 Å². The summed E-state index contributed by atoms with van der Waals surface area (Å²) in [6.45, 7) is 4.39. The first-order valence-corrected chi connectivity index (χ1v) is 5.08. The molecule has 0 aromatic carbocycles. The SMILES string of the molecule is BC1SC(Br)=C=C(C)[C@H]1C. The molecular formula is C7H10BBrS. The van der Waals surface area contributed by atoms with Crippen LogP contribution in [0.5, 0.6) is 0 Å². The first kappa shape index (κ1) is 8.51. The summed E-state index contributed by atoms with van der Waals surface area (Å²) >= 11 is 5.30. The van der Waals surface area contributed by atoms with Crippen molar-refractivity contribution in [3.63, 3.8) is 0 Å². The number of halogens is 1. The van der Waals surface area contributed by atoms with Crippen molar-refractivity contribution in [2.75, 3.05) is 0 Å². The normalized spacial score (nSPS) is 33.1. The molecule has 0 aromatic rings. The van der Waals surface area contributed by atoms with Gasteiger partial charge in [0.05, 0.1) is 3.81 Å². The Morgan fingerprint density at radius 1 is 1.70 bits per heavy atom. The summed E-state index contributed by atoms with van der Waals surface area (Å²) < 4.78 is 1.15. The van der Waals surface area contributed by atoms with Crippen LogP contribution in [-0.4, -0.2) is 13.0 Å². The highest BCUT2D eigenvalue weighted by molar-refractivity contribution is 9.14. The highest BCUT2D eigenvalue weighted by Crippen LogP contribution is 2.35. The Labute approximate surface area is 75.7 Å². The van der Waals surface area contributed by atoms with Crippen LogP contribution in [0.1, 0.15) is 13.8 Å². The molecule has 1 aliphatic heterocycles. The van der Waals surface area contributed by atoms with Gasteiger partial charge in [-0.1, -0.05) is 12.7 Å². The molecule has 0 radical (unpaired) electrons. The van der Waals surface area contributed by atoms with E-state index < -0.39 is 0 Å². The zero-order valence-corrected chi connectivity index (χ0v) is 8.84. The van der Waals surface area contributed by atoms with Crippen molar-refractivity contribution in [1.82, 2.24) is 0 Å². The van der Waals surface area contributed by atoms with Crippen molar-refractivity contribution in [3.05, 3.63) is 15.1 Å². The van der Waals surface area contributed by atoms with E-state index in [1.807, 2.05) is 11.8 Å². The summed E-state index contributed by atoms with van der Waals surface area (Å²) in [5, 5.41) is 0.690. The van der Waals surface area contributed by atoms with Crippen LogP contribution in [0.2, 0.25) is 0 Å². The molecule has 10 heavy (non-hydrogen) atoms. The molecule has 1 rings (SSSR count). The van der Waals surface area contributed by atoms with Gasteiger partial charge in [-0.2, -0.15) is 0 Å². The molecule has 0 nitrogen and oxygen atoms in total. The van der Waals surface area contributed by atoms with E-state index in [4.69, 9.17) is 0 Å². The van der Waals surface area contributed by atoms with E-state index >= 15 is 0 Å². The molecule has 3 heteroatoms. The Kier molecular flexibility index (Phi) is 2.73. The average Bonchev–Trinajstić information content (AvgIpc) is 1.82. The summed E-state index contributed by atoms with van der Waals surface area (Å²) in [6, 6.07) is 0. The fraction of sp³-hybridized carbons (Fsp3) is 0.571. The molecule has 1 aliphatic rings.